The standard InChI is InChI=1S/C11H23NO/c1-4-12-9(2)10-6-5-7-11(8-10)13-3/h9-12H,4-8H2,1-3H3. The molecule has 1 rings (SSSR count). The van der Waals surface area contributed by atoms with E-state index in [4.69, 9.17) is 4.74 Å². The minimum Gasteiger partial charge on any atom is -0.381 e. The molecule has 1 aliphatic carbocycles. The van der Waals surface area contributed by atoms with Crippen LogP contribution < -0.4 is 5.32 Å². The van der Waals surface area contributed by atoms with Crippen LogP contribution in [0.5, 0.6) is 0 Å². The second-order valence-electron chi connectivity index (χ2n) is 4.13. The van der Waals surface area contributed by atoms with Gasteiger partial charge in [0.15, 0.2) is 0 Å². The Morgan fingerprint density at radius 1 is 1.46 bits per heavy atom. The molecule has 0 heterocycles. The summed E-state index contributed by atoms with van der Waals surface area (Å²) >= 11 is 0. The van der Waals surface area contributed by atoms with E-state index in [1.165, 1.54) is 25.7 Å². The van der Waals surface area contributed by atoms with Crippen LogP contribution in [-0.4, -0.2) is 25.8 Å². The molecule has 3 unspecified atom stereocenters. The van der Waals surface area contributed by atoms with Crippen LogP contribution in [-0.2, 0) is 4.74 Å². The average molecular weight is 185 g/mol. The molecule has 13 heavy (non-hydrogen) atoms. The molecule has 0 spiro atoms. The lowest BCUT2D eigenvalue weighted by Crippen LogP contribution is -2.37. The Morgan fingerprint density at radius 3 is 2.85 bits per heavy atom. The third-order valence-corrected chi connectivity index (χ3v) is 3.23. The van der Waals surface area contributed by atoms with E-state index in [0.29, 0.717) is 12.1 Å². The Kier molecular flexibility index (Phi) is 4.74. The number of ether oxygens (including phenoxy) is 1. The van der Waals surface area contributed by atoms with Gasteiger partial charge in [0.1, 0.15) is 0 Å². The van der Waals surface area contributed by atoms with Crippen LogP contribution in [0.15, 0.2) is 0 Å². The smallest absolute Gasteiger partial charge is 0.0574 e. The molecule has 1 aliphatic rings. The van der Waals surface area contributed by atoms with Crippen molar-refractivity contribution in [3.63, 3.8) is 0 Å². The van der Waals surface area contributed by atoms with Gasteiger partial charge < -0.3 is 10.1 Å². The quantitative estimate of drug-likeness (QED) is 0.725. The van der Waals surface area contributed by atoms with Crippen molar-refractivity contribution < 1.29 is 4.74 Å². The fourth-order valence-corrected chi connectivity index (χ4v) is 2.34. The number of methoxy groups -OCH3 is 1. The molecular weight excluding hydrogens is 162 g/mol. The predicted molar refractivity (Wildman–Crippen MR) is 55.9 cm³/mol. The first-order valence-corrected chi connectivity index (χ1v) is 5.54. The summed E-state index contributed by atoms with van der Waals surface area (Å²) in [5.41, 5.74) is 0. The van der Waals surface area contributed by atoms with Gasteiger partial charge in [-0.25, -0.2) is 0 Å². The lowest BCUT2D eigenvalue weighted by molar-refractivity contribution is 0.0437. The van der Waals surface area contributed by atoms with Gasteiger partial charge >= 0.3 is 0 Å². The Morgan fingerprint density at radius 2 is 2.23 bits per heavy atom. The van der Waals surface area contributed by atoms with Gasteiger partial charge in [-0.05, 0) is 38.6 Å². The highest BCUT2D eigenvalue weighted by molar-refractivity contribution is 4.79. The zero-order valence-electron chi connectivity index (χ0n) is 9.18. The molecule has 1 fully saturated rings. The van der Waals surface area contributed by atoms with Crippen molar-refractivity contribution >= 4 is 0 Å². The summed E-state index contributed by atoms with van der Waals surface area (Å²) in [6.45, 7) is 5.55. The van der Waals surface area contributed by atoms with Gasteiger partial charge in [0.2, 0.25) is 0 Å². The van der Waals surface area contributed by atoms with E-state index in [1.807, 2.05) is 7.11 Å². The number of rotatable bonds is 4. The van der Waals surface area contributed by atoms with Gasteiger partial charge in [-0.15, -0.1) is 0 Å². The van der Waals surface area contributed by atoms with E-state index >= 15 is 0 Å². The van der Waals surface area contributed by atoms with Gasteiger partial charge in [-0.1, -0.05) is 13.3 Å². The maximum atomic E-state index is 5.42. The zero-order valence-corrected chi connectivity index (χ0v) is 9.18. The molecule has 2 nitrogen and oxygen atoms in total. The molecule has 0 aliphatic heterocycles. The predicted octanol–water partition coefficient (Wildman–Crippen LogP) is 2.19. The maximum Gasteiger partial charge on any atom is 0.0574 e. The Bertz CT molecular complexity index is 138. The topological polar surface area (TPSA) is 21.3 Å². The van der Waals surface area contributed by atoms with Crippen molar-refractivity contribution in [2.24, 2.45) is 5.92 Å². The van der Waals surface area contributed by atoms with Crippen LogP contribution >= 0.6 is 0 Å². The lowest BCUT2D eigenvalue weighted by Gasteiger charge is -2.32. The van der Waals surface area contributed by atoms with Gasteiger partial charge in [-0.2, -0.15) is 0 Å². The second-order valence-corrected chi connectivity index (χ2v) is 4.13. The molecule has 0 radical (unpaired) electrons. The number of hydrogen-bond donors (Lipinski definition) is 1. The largest absolute Gasteiger partial charge is 0.381 e. The summed E-state index contributed by atoms with van der Waals surface area (Å²) in [6.07, 6.45) is 5.71. The molecule has 0 aromatic heterocycles. The highest BCUT2D eigenvalue weighted by atomic mass is 16.5. The Hall–Kier alpha value is -0.0800. The van der Waals surface area contributed by atoms with E-state index in [1.54, 1.807) is 0 Å². The van der Waals surface area contributed by atoms with Crippen molar-refractivity contribution in [1.29, 1.82) is 0 Å². The van der Waals surface area contributed by atoms with E-state index in [9.17, 15) is 0 Å². The van der Waals surface area contributed by atoms with E-state index < -0.39 is 0 Å². The summed E-state index contributed by atoms with van der Waals surface area (Å²) < 4.78 is 5.42. The molecular formula is C11H23NO. The van der Waals surface area contributed by atoms with Crippen molar-refractivity contribution in [3.05, 3.63) is 0 Å². The fraction of sp³-hybridized carbons (Fsp3) is 1.00. The first-order chi connectivity index (χ1) is 6.27. The normalized spacial score (nSPS) is 31.6. The van der Waals surface area contributed by atoms with Gasteiger partial charge in [0.25, 0.3) is 0 Å². The first-order valence-electron chi connectivity index (χ1n) is 5.54. The third-order valence-electron chi connectivity index (χ3n) is 3.23. The van der Waals surface area contributed by atoms with Crippen LogP contribution in [0.25, 0.3) is 0 Å². The van der Waals surface area contributed by atoms with Gasteiger partial charge in [0, 0.05) is 13.2 Å². The monoisotopic (exact) mass is 185 g/mol. The minimum atomic E-state index is 0.514. The lowest BCUT2D eigenvalue weighted by atomic mass is 9.83. The Labute approximate surface area is 82.0 Å². The van der Waals surface area contributed by atoms with Crippen LogP contribution in [0, 0.1) is 5.92 Å². The van der Waals surface area contributed by atoms with Crippen LogP contribution in [0.4, 0.5) is 0 Å². The zero-order chi connectivity index (χ0) is 9.68. The summed E-state index contributed by atoms with van der Waals surface area (Å²) in [4.78, 5) is 0. The first kappa shape index (κ1) is 11.0. The highest BCUT2D eigenvalue weighted by Gasteiger charge is 2.25. The van der Waals surface area contributed by atoms with Crippen molar-refractivity contribution in [1.82, 2.24) is 5.32 Å². The molecule has 0 bridgehead atoms. The summed E-state index contributed by atoms with van der Waals surface area (Å²) in [6, 6.07) is 0.656. The molecule has 3 atom stereocenters. The maximum absolute atomic E-state index is 5.42. The summed E-state index contributed by atoms with van der Waals surface area (Å²) in [5, 5.41) is 3.50. The summed E-state index contributed by atoms with van der Waals surface area (Å²) in [7, 11) is 1.84. The van der Waals surface area contributed by atoms with E-state index in [2.05, 4.69) is 19.2 Å². The van der Waals surface area contributed by atoms with Gasteiger partial charge in [0.05, 0.1) is 6.10 Å². The molecule has 78 valence electrons. The second kappa shape index (κ2) is 5.61. The molecule has 1 N–H and O–H groups in total. The Balaban J connectivity index is 2.32. The van der Waals surface area contributed by atoms with Crippen molar-refractivity contribution in [2.75, 3.05) is 13.7 Å². The minimum absolute atomic E-state index is 0.514. The number of hydrogen-bond acceptors (Lipinski definition) is 2. The summed E-state index contributed by atoms with van der Waals surface area (Å²) in [5.74, 6) is 0.818. The van der Waals surface area contributed by atoms with Crippen LogP contribution in [0.2, 0.25) is 0 Å². The van der Waals surface area contributed by atoms with Gasteiger partial charge in [-0.3, -0.25) is 0 Å². The van der Waals surface area contributed by atoms with Crippen LogP contribution in [0.3, 0.4) is 0 Å². The molecule has 0 amide bonds. The van der Waals surface area contributed by atoms with Crippen LogP contribution in [0.1, 0.15) is 39.5 Å². The average Bonchev–Trinajstić information content (AvgIpc) is 2.18. The fourth-order valence-electron chi connectivity index (χ4n) is 2.34. The third kappa shape index (κ3) is 3.28. The van der Waals surface area contributed by atoms with E-state index in [0.717, 1.165) is 12.5 Å². The van der Waals surface area contributed by atoms with E-state index in [-0.39, 0.29) is 0 Å². The molecule has 0 aromatic rings. The number of nitrogens with one attached hydrogen (secondary N) is 1. The molecule has 0 aromatic carbocycles. The molecule has 1 saturated carbocycles. The molecule has 0 saturated heterocycles. The van der Waals surface area contributed by atoms with Crippen molar-refractivity contribution in [2.45, 2.75) is 51.7 Å². The van der Waals surface area contributed by atoms with Crippen molar-refractivity contribution in [3.8, 4) is 0 Å². The highest BCUT2D eigenvalue weighted by Crippen LogP contribution is 2.28. The SMILES string of the molecule is CCNC(C)C1CCCC(OC)C1. The molecule has 2 heteroatoms.